The molecule has 0 N–H and O–H groups in total. The predicted molar refractivity (Wildman–Crippen MR) is 252 cm³/mol. The Hall–Kier alpha value is -6.27. The first kappa shape index (κ1) is 36.6. The third-order valence-corrected chi connectivity index (χ3v) is 14.2. The maximum absolute atomic E-state index is 6.90. The van der Waals surface area contributed by atoms with Crippen LogP contribution < -0.4 is 52.1 Å². The van der Waals surface area contributed by atoms with Crippen molar-refractivity contribution in [1.82, 2.24) is 9.97 Å². The van der Waals surface area contributed by atoms with Crippen molar-refractivity contribution >= 4 is 80.3 Å². The zero-order valence-electron chi connectivity index (χ0n) is 36.2. The highest BCUT2D eigenvalue weighted by Crippen LogP contribution is 2.50. The Morgan fingerprint density at radius 1 is 0.525 bits per heavy atom. The summed E-state index contributed by atoms with van der Waals surface area (Å²) in [6, 6.07) is 44.7. The van der Waals surface area contributed by atoms with E-state index in [2.05, 4.69) is 187 Å². The van der Waals surface area contributed by atoms with E-state index in [0.717, 1.165) is 85.3 Å². The van der Waals surface area contributed by atoms with Crippen LogP contribution in [0.4, 0.5) is 34.1 Å². The standard InChI is InChI=1S/C53H48B2N4O2/c1-31-26-42-47-49(56-31)60-44-20-14-12-18-36(44)54(47)38-28-39-41(29-40(38)58(42)32-16-10-9-11-17-32)59(33-22-23-34-35(27-33)53(7,8)25-24-52(34,5)6)43-30-46(51(2,3)4)57-50-48(43)55(39)37-19-13-15-21-45(37)61-50/h9-23,26-30H,24-25H2,1-8H3. The Bertz CT molecular complexity index is 3030. The number of hydrogen-bond donors (Lipinski definition) is 0. The number of fused-ring (bicyclic) bond motifs is 9. The number of hydrogen-bond acceptors (Lipinski definition) is 6. The van der Waals surface area contributed by atoms with Crippen LogP contribution in [0.15, 0.2) is 121 Å². The maximum Gasteiger partial charge on any atom is 0.258 e. The molecular formula is C53H48B2N4O2. The number of ether oxygens (including phenoxy) is 2. The molecule has 298 valence electrons. The average molecular weight is 795 g/mol. The van der Waals surface area contributed by atoms with E-state index < -0.39 is 0 Å². The van der Waals surface area contributed by atoms with Crippen LogP contribution in [0.5, 0.6) is 23.3 Å². The van der Waals surface area contributed by atoms with E-state index in [1.165, 1.54) is 28.5 Å². The molecule has 0 atom stereocenters. The van der Waals surface area contributed by atoms with Crippen LogP contribution in [0, 0.1) is 6.92 Å². The molecule has 5 aliphatic rings. The zero-order chi connectivity index (χ0) is 41.7. The highest BCUT2D eigenvalue weighted by atomic mass is 16.5. The van der Waals surface area contributed by atoms with Crippen LogP contribution in [0.2, 0.25) is 0 Å². The molecule has 7 aromatic rings. The molecule has 4 aliphatic heterocycles. The van der Waals surface area contributed by atoms with Crippen LogP contribution in [-0.2, 0) is 16.2 Å². The van der Waals surface area contributed by atoms with Crippen LogP contribution in [0.1, 0.15) is 83.8 Å². The lowest BCUT2D eigenvalue weighted by atomic mass is 9.31. The Morgan fingerprint density at radius 2 is 1.07 bits per heavy atom. The number of nitrogens with zero attached hydrogens (tertiary/aromatic N) is 4. The number of anilines is 6. The van der Waals surface area contributed by atoms with Crippen molar-refractivity contribution in [3.8, 4) is 23.3 Å². The molecule has 0 fully saturated rings. The van der Waals surface area contributed by atoms with E-state index >= 15 is 0 Å². The smallest absolute Gasteiger partial charge is 0.258 e. The quantitative estimate of drug-likeness (QED) is 0.163. The molecule has 0 saturated heterocycles. The van der Waals surface area contributed by atoms with Gasteiger partial charge in [0, 0.05) is 56.2 Å². The maximum atomic E-state index is 6.90. The van der Waals surface area contributed by atoms with Crippen LogP contribution >= 0.6 is 0 Å². The van der Waals surface area contributed by atoms with Crippen molar-refractivity contribution in [2.45, 2.75) is 84.5 Å². The summed E-state index contributed by atoms with van der Waals surface area (Å²) in [6.45, 7) is 18.3. The number of para-hydroxylation sites is 3. The van der Waals surface area contributed by atoms with Gasteiger partial charge in [0.25, 0.3) is 13.4 Å². The third-order valence-electron chi connectivity index (χ3n) is 14.2. The molecule has 0 spiro atoms. The van der Waals surface area contributed by atoms with E-state index in [9.17, 15) is 0 Å². The van der Waals surface area contributed by atoms with Crippen molar-refractivity contribution < 1.29 is 9.47 Å². The molecule has 2 aromatic heterocycles. The van der Waals surface area contributed by atoms with E-state index in [0.29, 0.717) is 11.8 Å². The topological polar surface area (TPSA) is 50.7 Å². The van der Waals surface area contributed by atoms with Gasteiger partial charge in [-0.3, -0.25) is 0 Å². The number of aryl methyl sites for hydroxylation is 1. The minimum atomic E-state index is -0.223. The summed E-state index contributed by atoms with van der Waals surface area (Å²) in [5.74, 6) is 3.07. The first-order chi connectivity index (χ1) is 29.3. The summed E-state index contributed by atoms with van der Waals surface area (Å²) in [6.07, 6.45) is 2.31. The lowest BCUT2D eigenvalue weighted by molar-refractivity contribution is 0.332. The van der Waals surface area contributed by atoms with Gasteiger partial charge < -0.3 is 19.3 Å². The molecule has 0 saturated carbocycles. The van der Waals surface area contributed by atoms with Gasteiger partial charge in [0.2, 0.25) is 11.8 Å². The molecule has 6 nitrogen and oxygen atoms in total. The first-order valence-corrected chi connectivity index (χ1v) is 21.9. The van der Waals surface area contributed by atoms with Gasteiger partial charge in [-0.2, -0.15) is 0 Å². The molecule has 1 aliphatic carbocycles. The molecule has 0 amide bonds. The fourth-order valence-corrected chi connectivity index (χ4v) is 11.0. The van der Waals surface area contributed by atoms with Gasteiger partial charge in [0.05, 0.1) is 5.69 Å². The van der Waals surface area contributed by atoms with Crippen molar-refractivity contribution in [2.75, 3.05) is 9.80 Å². The van der Waals surface area contributed by atoms with Gasteiger partial charge in [-0.1, -0.05) is 115 Å². The number of aromatic nitrogens is 2. The minimum absolute atomic E-state index is 0.0298. The second-order valence-electron chi connectivity index (χ2n) is 20.1. The summed E-state index contributed by atoms with van der Waals surface area (Å²) in [4.78, 5) is 15.4. The molecular weight excluding hydrogens is 746 g/mol. The predicted octanol–water partition coefficient (Wildman–Crippen LogP) is 9.24. The second kappa shape index (κ2) is 12.4. The van der Waals surface area contributed by atoms with Gasteiger partial charge in [-0.15, -0.1) is 0 Å². The summed E-state index contributed by atoms with van der Waals surface area (Å²) in [5.41, 5.74) is 18.4. The molecule has 0 bridgehead atoms. The molecule has 5 aromatic carbocycles. The molecule has 6 heterocycles. The Labute approximate surface area is 359 Å². The highest BCUT2D eigenvalue weighted by Gasteiger charge is 2.48. The van der Waals surface area contributed by atoms with Crippen LogP contribution in [0.3, 0.4) is 0 Å². The fourth-order valence-electron chi connectivity index (χ4n) is 11.0. The van der Waals surface area contributed by atoms with E-state index in [-0.39, 0.29) is 29.7 Å². The van der Waals surface area contributed by atoms with Gasteiger partial charge in [-0.05, 0) is 118 Å². The van der Waals surface area contributed by atoms with Crippen LogP contribution in [-0.4, -0.2) is 23.4 Å². The normalized spacial score (nSPS) is 16.8. The minimum Gasteiger partial charge on any atom is -0.440 e. The van der Waals surface area contributed by atoms with Crippen molar-refractivity contribution in [2.24, 2.45) is 0 Å². The molecule has 0 radical (unpaired) electrons. The third kappa shape index (κ3) is 5.23. The first-order valence-electron chi connectivity index (χ1n) is 21.9. The van der Waals surface area contributed by atoms with E-state index in [1.54, 1.807) is 0 Å². The van der Waals surface area contributed by atoms with Crippen molar-refractivity contribution in [3.05, 3.63) is 144 Å². The van der Waals surface area contributed by atoms with Gasteiger partial charge in [0.15, 0.2) is 0 Å². The van der Waals surface area contributed by atoms with Gasteiger partial charge in [-0.25, -0.2) is 9.97 Å². The monoisotopic (exact) mass is 794 g/mol. The summed E-state index contributed by atoms with van der Waals surface area (Å²) in [5, 5.41) is 0. The Kier molecular flexibility index (Phi) is 7.44. The lowest BCUT2D eigenvalue weighted by Crippen LogP contribution is -2.64. The lowest BCUT2D eigenvalue weighted by Gasteiger charge is -2.45. The Balaban J connectivity index is 1.21. The zero-order valence-corrected chi connectivity index (χ0v) is 36.2. The largest absolute Gasteiger partial charge is 0.440 e. The highest BCUT2D eigenvalue weighted by molar-refractivity contribution is 7.02. The molecule has 8 heteroatoms. The fraction of sp³-hybridized carbons (Fsp3) is 0.245. The van der Waals surface area contributed by atoms with Crippen molar-refractivity contribution in [1.29, 1.82) is 0 Å². The van der Waals surface area contributed by atoms with E-state index in [1.807, 2.05) is 0 Å². The van der Waals surface area contributed by atoms with Gasteiger partial charge in [0.1, 0.15) is 11.5 Å². The molecule has 12 rings (SSSR count). The van der Waals surface area contributed by atoms with Gasteiger partial charge >= 0.3 is 0 Å². The van der Waals surface area contributed by atoms with E-state index in [4.69, 9.17) is 19.4 Å². The average Bonchev–Trinajstić information content (AvgIpc) is 3.24. The summed E-state index contributed by atoms with van der Waals surface area (Å²) in [7, 11) is 0. The van der Waals surface area contributed by atoms with Crippen LogP contribution in [0.25, 0.3) is 0 Å². The number of rotatable bonds is 2. The van der Waals surface area contributed by atoms with Crippen molar-refractivity contribution in [3.63, 3.8) is 0 Å². The number of pyridine rings is 2. The molecule has 61 heavy (non-hydrogen) atoms. The second-order valence-corrected chi connectivity index (χ2v) is 20.1. The SMILES string of the molecule is Cc1cc2c3c(n1)Oc1ccccc1B3c1cc3c(cc1N2c1ccccc1)N(c1ccc2c(c1)C(C)(C)CCC2(C)C)c1cc(C(C)(C)C)nc2c1B3c1ccccc1O2. The summed E-state index contributed by atoms with van der Waals surface area (Å²) >= 11 is 0. The summed E-state index contributed by atoms with van der Waals surface area (Å²) < 4.78 is 13.6. The molecule has 0 unspecified atom stereocenters. The Morgan fingerprint density at radius 3 is 1.69 bits per heavy atom. The number of benzene rings is 5.